The molecule has 0 saturated heterocycles. The highest BCUT2D eigenvalue weighted by molar-refractivity contribution is 5.72. The molecule has 0 aliphatic heterocycles. The van der Waals surface area contributed by atoms with Gasteiger partial charge in [0.25, 0.3) is 0 Å². The van der Waals surface area contributed by atoms with E-state index in [1.165, 1.54) is 0 Å². The first-order valence-corrected chi connectivity index (χ1v) is 6.68. The van der Waals surface area contributed by atoms with Gasteiger partial charge in [0.2, 0.25) is 0 Å². The average molecular weight is 243 g/mol. The highest BCUT2D eigenvalue weighted by atomic mass is 16.5. The van der Waals surface area contributed by atoms with E-state index in [2.05, 4.69) is 5.32 Å². The first-order chi connectivity index (χ1) is 8.17. The van der Waals surface area contributed by atoms with Crippen molar-refractivity contribution in [2.45, 2.75) is 45.6 Å². The van der Waals surface area contributed by atoms with Crippen molar-refractivity contribution in [1.82, 2.24) is 5.32 Å². The second-order valence-electron chi connectivity index (χ2n) is 5.01. The van der Waals surface area contributed by atoms with Crippen molar-refractivity contribution in [3.8, 4) is 0 Å². The zero-order valence-electron chi connectivity index (χ0n) is 10.9. The van der Waals surface area contributed by atoms with Crippen LogP contribution >= 0.6 is 0 Å². The number of aliphatic hydroxyl groups is 1. The van der Waals surface area contributed by atoms with Gasteiger partial charge in [-0.15, -0.1) is 0 Å². The quantitative estimate of drug-likeness (QED) is 0.691. The summed E-state index contributed by atoms with van der Waals surface area (Å²) in [5, 5.41) is 12.4. The van der Waals surface area contributed by atoms with Gasteiger partial charge in [0, 0.05) is 19.2 Å². The Morgan fingerprint density at radius 1 is 1.53 bits per heavy atom. The zero-order valence-corrected chi connectivity index (χ0v) is 10.9. The summed E-state index contributed by atoms with van der Waals surface area (Å²) in [6, 6.07) is 0.396. The van der Waals surface area contributed by atoms with E-state index in [0.717, 1.165) is 32.2 Å². The predicted molar refractivity (Wildman–Crippen MR) is 66.6 cm³/mol. The Balaban J connectivity index is 2.30. The third kappa shape index (κ3) is 5.04. The first kappa shape index (κ1) is 14.5. The molecule has 0 aromatic rings. The van der Waals surface area contributed by atoms with E-state index in [9.17, 15) is 4.79 Å². The third-order valence-corrected chi connectivity index (χ3v) is 3.36. The first-order valence-electron chi connectivity index (χ1n) is 6.68. The number of carbonyl (C=O) groups is 1. The Labute approximate surface area is 104 Å². The van der Waals surface area contributed by atoms with Gasteiger partial charge in [0.15, 0.2) is 0 Å². The number of nitrogens with one attached hydrogen (secondary N) is 1. The van der Waals surface area contributed by atoms with E-state index in [-0.39, 0.29) is 24.4 Å². The van der Waals surface area contributed by atoms with E-state index in [1.807, 2.05) is 13.8 Å². The molecule has 1 rings (SSSR count). The lowest BCUT2D eigenvalue weighted by molar-refractivity contribution is -0.149. The highest BCUT2D eigenvalue weighted by Crippen LogP contribution is 2.25. The smallest absolute Gasteiger partial charge is 0.308 e. The molecule has 0 radical (unpaired) electrons. The maximum atomic E-state index is 11.6. The van der Waals surface area contributed by atoms with Crippen LogP contribution in [0, 0.1) is 11.8 Å². The summed E-state index contributed by atoms with van der Waals surface area (Å²) in [5.74, 6) is 0.290. The van der Waals surface area contributed by atoms with Gasteiger partial charge >= 0.3 is 5.97 Å². The topological polar surface area (TPSA) is 58.6 Å². The van der Waals surface area contributed by atoms with E-state index in [0.29, 0.717) is 12.6 Å². The number of carbonyl (C=O) groups excluding carboxylic acids is 1. The monoisotopic (exact) mass is 243 g/mol. The van der Waals surface area contributed by atoms with Gasteiger partial charge in [-0.2, -0.15) is 0 Å². The summed E-state index contributed by atoms with van der Waals surface area (Å²) in [5.41, 5.74) is 0. The Kier molecular flexibility index (Phi) is 6.52. The van der Waals surface area contributed by atoms with Crippen molar-refractivity contribution in [2.24, 2.45) is 11.8 Å². The van der Waals surface area contributed by atoms with E-state index in [4.69, 9.17) is 9.84 Å². The lowest BCUT2D eigenvalue weighted by Crippen LogP contribution is -2.39. The van der Waals surface area contributed by atoms with E-state index >= 15 is 0 Å². The molecule has 100 valence electrons. The van der Waals surface area contributed by atoms with Crippen LogP contribution in [0.1, 0.15) is 39.5 Å². The molecule has 4 heteroatoms. The molecule has 3 atom stereocenters. The minimum atomic E-state index is -0.0470. The molecule has 1 aliphatic rings. The molecule has 0 heterocycles. The second kappa shape index (κ2) is 7.67. The fourth-order valence-electron chi connectivity index (χ4n) is 2.28. The molecule has 3 unspecified atom stereocenters. The number of aliphatic hydroxyl groups excluding tert-OH is 1. The van der Waals surface area contributed by atoms with Crippen LogP contribution in [0.3, 0.4) is 0 Å². The van der Waals surface area contributed by atoms with Gasteiger partial charge < -0.3 is 15.2 Å². The van der Waals surface area contributed by atoms with Crippen LogP contribution < -0.4 is 5.32 Å². The summed E-state index contributed by atoms with van der Waals surface area (Å²) >= 11 is 0. The van der Waals surface area contributed by atoms with Gasteiger partial charge in [-0.3, -0.25) is 4.79 Å². The van der Waals surface area contributed by atoms with Crippen LogP contribution in [-0.2, 0) is 9.53 Å². The van der Waals surface area contributed by atoms with Crippen molar-refractivity contribution >= 4 is 5.97 Å². The van der Waals surface area contributed by atoms with Crippen molar-refractivity contribution in [1.29, 1.82) is 0 Å². The van der Waals surface area contributed by atoms with Crippen molar-refractivity contribution in [2.75, 3.05) is 19.8 Å². The predicted octanol–water partition coefficient (Wildman–Crippen LogP) is 1.33. The largest absolute Gasteiger partial charge is 0.466 e. The maximum Gasteiger partial charge on any atom is 0.308 e. The third-order valence-electron chi connectivity index (χ3n) is 3.36. The molecule has 1 saturated carbocycles. The number of rotatable bonds is 6. The van der Waals surface area contributed by atoms with Gasteiger partial charge in [-0.05, 0) is 32.1 Å². The molecule has 17 heavy (non-hydrogen) atoms. The molecule has 0 aromatic heterocycles. The van der Waals surface area contributed by atoms with Crippen LogP contribution in [-0.4, -0.2) is 36.9 Å². The van der Waals surface area contributed by atoms with Crippen molar-refractivity contribution in [3.63, 3.8) is 0 Å². The molecule has 4 nitrogen and oxygen atoms in total. The molecule has 0 amide bonds. The minimum absolute atomic E-state index is 0.0470. The summed E-state index contributed by atoms with van der Waals surface area (Å²) in [7, 11) is 0. The molecular formula is C13H25NO3. The summed E-state index contributed by atoms with van der Waals surface area (Å²) in [6.07, 6.45) is 4.02. The Morgan fingerprint density at radius 2 is 2.29 bits per heavy atom. The standard InChI is InChI=1S/C13H25NO3/c1-3-17-13(16)11-5-4-6-12(7-11)14-8-10(2)9-15/h10-12,14-15H,3-9H2,1-2H3. The van der Waals surface area contributed by atoms with Gasteiger partial charge in [0.05, 0.1) is 12.5 Å². The average Bonchev–Trinajstić information content (AvgIpc) is 2.36. The molecule has 1 fully saturated rings. The molecule has 1 aliphatic carbocycles. The van der Waals surface area contributed by atoms with Gasteiger partial charge in [-0.25, -0.2) is 0 Å². The minimum Gasteiger partial charge on any atom is -0.466 e. The highest BCUT2D eigenvalue weighted by Gasteiger charge is 2.27. The lowest BCUT2D eigenvalue weighted by Gasteiger charge is -2.29. The molecule has 0 bridgehead atoms. The fraction of sp³-hybridized carbons (Fsp3) is 0.923. The molecule has 0 spiro atoms. The van der Waals surface area contributed by atoms with Crippen LogP contribution in [0.4, 0.5) is 0 Å². The van der Waals surface area contributed by atoms with Crippen molar-refractivity contribution < 1.29 is 14.6 Å². The number of hydrogen-bond acceptors (Lipinski definition) is 4. The normalized spacial score (nSPS) is 26.5. The van der Waals surface area contributed by atoms with Crippen LogP contribution in [0.25, 0.3) is 0 Å². The number of ether oxygens (including phenoxy) is 1. The van der Waals surface area contributed by atoms with E-state index in [1.54, 1.807) is 0 Å². The Morgan fingerprint density at radius 3 is 2.94 bits per heavy atom. The van der Waals surface area contributed by atoms with Gasteiger partial charge in [-0.1, -0.05) is 13.3 Å². The Hall–Kier alpha value is -0.610. The number of esters is 1. The van der Waals surface area contributed by atoms with Crippen LogP contribution in [0.15, 0.2) is 0 Å². The lowest BCUT2D eigenvalue weighted by atomic mass is 9.85. The van der Waals surface area contributed by atoms with Gasteiger partial charge in [0.1, 0.15) is 0 Å². The Bertz CT molecular complexity index is 233. The number of hydrogen-bond donors (Lipinski definition) is 2. The SMILES string of the molecule is CCOC(=O)C1CCCC(NCC(C)CO)C1. The fourth-order valence-corrected chi connectivity index (χ4v) is 2.28. The van der Waals surface area contributed by atoms with Crippen LogP contribution in [0.5, 0.6) is 0 Å². The summed E-state index contributed by atoms with van der Waals surface area (Å²) in [4.78, 5) is 11.6. The molecule has 2 N–H and O–H groups in total. The summed E-state index contributed by atoms with van der Waals surface area (Å²) in [6.45, 7) is 5.35. The summed E-state index contributed by atoms with van der Waals surface area (Å²) < 4.78 is 5.07. The second-order valence-corrected chi connectivity index (χ2v) is 5.01. The van der Waals surface area contributed by atoms with Crippen LogP contribution in [0.2, 0.25) is 0 Å². The van der Waals surface area contributed by atoms with Crippen molar-refractivity contribution in [3.05, 3.63) is 0 Å². The molecule has 0 aromatic carbocycles. The maximum absolute atomic E-state index is 11.6. The molecular weight excluding hydrogens is 218 g/mol. The van der Waals surface area contributed by atoms with E-state index < -0.39 is 0 Å². The zero-order chi connectivity index (χ0) is 12.7.